The van der Waals surface area contributed by atoms with Crippen molar-refractivity contribution in [3.63, 3.8) is 0 Å². The fourth-order valence-electron chi connectivity index (χ4n) is 1.05. The summed E-state index contributed by atoms with van der Waals surface area (Å²) in [6.45, 7) is 2.19. The molecule has 0 nitrogen and oxygen atoms in total. The Morgan fingerprint density at radius 3 is 2.36 bits per heavy atom. The van der Waals surface area contributed by atoms with Crippen LogP contribution in [-0.4, -0.2) is 11.5 Å². The van der Waals surface area contributed by atoms with Gasteiger partial charge < -0.3 is 0 Å². The van der Waals surface area contributed by atoms with Gasteiger partial charge in [0.2, 0.25) is 0 Å². The van der Waals surface area contributed by atoms with Gasteiger partial charge in [-0.2, -0.15) is 0 Å². The molecule has 1 unspecified atom stereocenters. The molecule has 0 bridgehead atoms. The minimum absolute atomic E-state index is 0.501. The predicted molar refractivity (Wildman–Crippen MR) is 52.1 cm³/mol. The number of unbranched alkanes of at least 4 members (excludes halogenated alkanes) is 4. The van der Waals surface area contributed by atoms with Gasteiger partial charge in [-0.15, -0.1) is 0 Å². The van der Waals surface area contributed by atoms with Gasteiger partial charge in [0.1, 0.15) is 6.17 Å². The second kappa shape index (κ2) is 8.51. The van der Waals surface area contributed by atoms with Crippen LogP contribution in [0.4, 0.5) is 4.39 Å². The fraction of sp³-hybridized carbons (Fsp3) is 1.00. The smallest absolute Gasteiger partial charge is 0.110 e. The van der Waals surface area contributed by atoms with E-state index in [1.54, 1.807) is 0 Å². The molecule has 68 valence electrons. The molecule has 0 amide bonds. The van der Waals surface area contributed by atoms with Crippen molar-refractivity contribution in [2.45, 2.75) is 51.6 Å². The molecule has 0 radical (unpaired) electrons. The Kier molecular flexibility index (Phi) is 8.82. The highest BCUT2D eigenvalue weighted by Crippen LogP contribution is 2.10. The SMILES string of the molecule is CCCCCCCC(F)CBr. The zero-order valence-electron chi connectivity index (χ0n) is 7.28. The molecular formula is C9H18BrF. The van der Waals surface area contributed by atoms with Crippen LogP contribution in [-0.2, 0) is 0 Å². The van der Waals surface area contributed by atoms with E-state index < -0.39 is 6.17 Å². The summed E-state index contributed by atoms with van der Waals surface area (Å²) in [5.74, 6) is 0. The van der Waals surface area contributed by atoms with Gasteiger partial charge in [0, 0.05) is 5.33 Å². The highest BCUT2D eigenvalue weighted by Gasteiger charge is 2.01. The lowest BCUT2D eigenvalue weighted by molar-refractivity contribution is 0.337. The normalized spacial score (nSPS) is 13.4. The van der Waals surface area contributed by atoms with Crippen molar-refractivity contribution >= 4 is 15.9 Å². The third-order valence-electron chi connectivity index (χ3n) is 1.79. The first-order chi connectivity index (χ1) is 5.31. The Balaban J connectivity index is 2.89. The Labute approximate surface area is 77.7 Å². The van der Waals surface area contributed by atoms with E-state index in [1.807, 2.05) is 0 Å². The van der Waals surface area contributed by atoms with Crippen LogP contribution in [0.5, 0.6) is 0 Å². The largest absolute Gasteiger partial charge is 0.247 e. The molecule has 0 rings (SSSR count). The standard InChI is InChI=1S/C9H18BrF/c1-2-3-4-5-6-7-9(11)8-10/h9H,2-8H2,1H3. The molecule has 0 aromatic rings. The topological polar surface area (TPSA) is 0 Å². The number of hydrogen-bond acceptors (Lipinski definition) is 0. The van der Waals surface area contributed by atoms with Gasteiger partial charge in [-0.25, -0.2) is 4.39 Å². The fourth-order valence-corrected chi connectivity index (χ4v) is 1.37. The van der Waals surface area contributed by atoms with Gasteiger partial charge in [-0.1, -0.05) is 55.0 Å². The van der Waals surface area contributed by atoms with Gasteiger partial charge in [-0.05, 0) is 6.42 Å². The summed E-state index contributed by atoms with van der Waals surface area (Å²) in [5.41, 5.74) is 0. The molecular weight excluding hydrogens is 207 g/mol. The summed E-state index contributed by atoms with van der Waals surface area (Å²) < 4.78 is 12.6. The summed E-state index contributed by atoms with van der Waals surface area (Å²) in [6, 6.07) is 0. The van der Waals surface area contributed by atoms with E-state index in [0.29, 0.717) is 5.33 Å². The summed E-state index contributed by atoms with van der Waals surface area (Å²) in [5, 5.41) is 0.501. The van der Waals surface area contributed by atoms with E-state index >= 15 is 0 Å². The van der Waals surface area contributed by atoms with Crippen LogP contribution in [0.25, 0.3) is 0 Å². The summed E-state index contributed by atoms with van der Waals surface area (Å²) in [7, 11) is 0. The summed E-state index contributed by atoms with van der Waals surface area (Å²) in [4.78, 5) is 0. The molecule has 0 aromatic carbocycles. The lowest BCUT2D eigenvalue weighted by Gasteiger charge is -2.02. The van der Waals surface area contributed by atoms with Crippen molar-refractivity contribution in [3.8, 4) is 0 Å². The summed E-state index contributed by atoms with van der Waals surface area (Å²) >= 11 is 3.12. The molecule has 11 heavy (non-hydrogen) atoms. The first-order valence-electron chi connectivity index (χ1n) is 4.51. The van der Waals surface area contributed by atoms with Gasteiger partial charge in [0.25, 0.3) is 0 Å². The molecule has 0 aliphatic carbocycles. The maximum atomic E-state index is 12.6. The zero-order valence-corrected chi connectivity index (χ0v) is 8.87. The number of halogens is 2. The quantitative estimate of drug-likeness (QED) is 0.452. The molecule has 0 saturated carbocycles. The van der Waals surface area contributed by atoms with Crippen LogP contribution in [0.2, 0.25) is 0 Å². The molecule has 0 saturated heterocycles. The minimum atomic E-state index is -0.628. The van der Waals surface area contributed by atoms with Gasteiger partial charge in [-0.3, -0.25) is 0 Å². The Bertz CT molecular complexity index is 76.0. The van der Waals surface area contributed by atoms with Crippen molar-refractivity contribution in [1.82, 2.24) is 0 Å². The van der Waals surface area contributed by atoms with Crippen molar-refractivity contribution in [2.24, 2.45) is 0 Å². The van der Waals surface area contributed by atoms with Crippen LogP contribution in [0, 0.1) is 0 Å². The van der Waals surface area contributed by atoms with Crippen LogP contribution in [0.1, 0.15) is 45.4 Å². The van der Waals surface area contributed by atoms with Crippen LogP contribution >= 0.6 is 15.9 Å². The van der Waals surface area contributed by atoms with E-state index in [4.69, 9.17) is 0 Å². The molecule has 0 fully saturated rings. The maximum Gasteiger partial charge on any atom is 0.110 e. The molecule has 0 heterocycles. The highest BCUT2D eigenvalue weighted by molar-refractivity contribution is 9.09. The molecule has 1 atom stereocenters. The number of hydrogen-bond donors (Lipinski definition) is 0. The molecule has 0 N–H and O–H groups in total. The van der Waals surface area contributed by atoms with E-state index in [0.717, 1.165) is 12.8 Å². The molecule has 0 aromatic heterocycles. The summed E-state index contributed by atoms with van der Waals surface area (Å²) in [6.07, 6.45) is 6.17. The second-order valence-corrected chi connectivity index (χ2v) is 3.60. The average molecular weight is 225 g/mol. The molecule has 0 aliphatic heterocycles. The first kappa shape index (κ1) is 11.4. The monoisotopic (exact) mass is 224 g/mol. The van der Waals surface area contributed by atoms with Crippen molar-refractivity contribution < 1.29 is 4.39 Å². The molecule has 0 spiro atoms. The minimum Gasteiger partial charge on any atom is -0.247 e. The molecule has 2 heteroatoms. The Morgan fingerprint density at radius 1 is 1.18 bits per heavy atom. The number of alkyl halides is 2. The van der Waals surface area contributed by atoms with Crippen LogP contribution in [0.15, 0.2) is 0 Å². The van der Waals surface area contributed by atoms with Crippen molar-refractivity contribution in [1.29, 1.82) is 0 Å². The zero-order chi connectivity index (χ0) is 8.53. The highest BCUT2D eigenvalue weighted by atomic mass is 79.9. The van der Waals surface area contributed by atoms with Crippen LogP contribution in [0.3, 0.4) is 0 Å². The van der Waals surface area contributed by atoms with Crippen molar-refractivity contribution in [3.05, 3.63) is 0 Å². The van der Waals surface area contributed by atoms with E-state index in [1.165, 1.54) is 25.7 Å². The Morgan fingerprint density at radius 2 is 1.82 bits per heavy atom. The Hall–Kier alpha value is 0.410. The van der Waals surface area contributed by atoms with E-state index in [9.17, 15) is 4.39 Å². The maximum absolute atomic E-state index is 12.6. The lowest BCUT2D eigenvalue weighted by Crippen LogP contribution is -2.00. The molecule has 0 aliphatic rings. The van der Waals surface area contributed by atoms with Gasteiger partial charge in [0.05, 0.1) is 0 Å². The first-order valence-corrected chi connectivity index (χ1v) is 5.63. The average Bonchev–Trinajstić information content (AvgIpc) is 2.04. The van der Waals surface area contributed by atoms with Crippen molar-refractivity contribution in [2.75, 3.05) is 5.33 Å². The van der Waals surface area contributed by atoms with Gasteiger partial charge >= 0.3 is 0 Å². The third kappa shape index (κ3) is 8.32. The predicted octanol–water partition coefficient (Wildman–Crippen LogP) is 4.08. The van der Waals surface area contributed by atoms with E-state index in [-0.39, 0.29) is 0 Å². The van der Waals surface area contributed by atoms with E-state index in [2.05, 4.69) is 22.9 Å². The number of rotatable bonds is 7. The second-order valence-electron chi connectivity index (χ2n) is 2.95. The van der Waals surface area contributed by atoms with Crippen LogP contribution < -0.4 is 0 Å². The lowest BCUT2D eigenvalue weighted by atomic mass is 10.1. The van der Waals surface area contributed by atoms with Gasteiger partial charge in [0.15, 0.2) is 0 Å². The third-order valence-corrected chi connectivity index (χ3v) is 2.49.